The normalized spacial score (nSPS) is 21.6. The highest BCUT2D eigenvalue weighted by Crippen LogP contribution is 2.61. The molecule has 0 radical (unpaired) electrons. The molecule has 3 heterocycles. The number of aliphatic hydroxyl groups is 2. The Labute approximate surface area is 365 Å². The first-order valence-corrected chi connectivity index (χ1v) is 25.0. The fraction of sp³-hybridized carbons (Fsp3) is 0.727. The van der Waals surface area contributed by atoms with Crippen LogP contribution in [0.5, 0.6) is 0 Å². The molecule has 1 aliphatic rings. The Hall–Kier alpha value is -2.97. The number of nitrogens with one attached hydrogen (secondary N) is 2. The van der Waals surface area contributed by atoms with Crippen LogP contribution in [0.2, 0.25) is 0 Å². The summed E-state index contributed by atoms with van der Waals surface area (Å²) in [5.74, 6) is -1.57. The van der Waals surface area contributed by atoms with Gasteiger partial charge >= 0.3 is 29.4 Å². The van der Waals surface area contributed by atoms with E-state index >= 15 is 0 Å². The molecule has 358 valence electrons. The maximum atomic E-state index is 12.7. The van der Waals surface area contributed by atoms with Gasteiger partial charge in [-0.3, -0.25) is 37.3 Å². The van der Waals surface area contributed by atoms with Gasteiger partial charge < -0.3 is 56.0 Å². The van der Waals surface area contributed by atoms with Crippen LogP contribution in [0, 0.1) is 17.3 Å². The number of nitrogens with two attached hydrogens (primary N) is 1. The number of imidazole rings is 1. The van der Waals surface area contributed by atoms with E-state index in [4.69, 9.17) is 24.6 Å². The Morgan fingerprint density at radius 1 is 0.968 bits per heavy atom. The number of aromatic nitrogens is 4. The molecule has 1 fully saturated rings. The minimum Gasteiger partial charge on any atom is -0.481 e. The maximum Gasteiger partial charge on any atom is 0.481 e. The van der Waals surface area contributed by atoms with Crippen molar-refractivity contribution in [2.45, 2.75) is 103 Å². The molecular weight excluding hydrogens is 923 g/mol. The third-order valence-corrected chi connectivity index (χ3v) is 13.6. The van der Waals surface area contributed by atoms with Gasteiger partial charge in [-0.15, -0.1) is 0 Å². The zero-order valence-corrected chi connectivity index (χ0v) is 38.3. The number of phosphoric ester groups is 3. The lowest BCUT2D eigenvalue weighted by atomic mass is 9.87. The smallest absolute Gasteiger partial charge is 0.481 e. The number of hydrogen-bond donors (Lipinski definition) is 10. The average molecular weight is 980 g/mol. The molecular formula is C33H56N7O19P3S. The summed E-state index contributed by atoms with van der Waals surface area (Å²) in [6.45, 7) is 4.36. The van der Waals surface area contributed by atoms with Crippen molar-refractivity contribution in [3.05, 3.63) is 12.7 Å². The number of ether oxygens (including phenoxy) is 1. The van der Waals surface area contributed by atoms with Crippen molar-refractivity contribution in [2.24, 2.45) is 17.3 Å². The number of nitrogen functional groups attached to an aromatic ring is 1. The van der Waals surface area contributed by atoms with Gasteiger partial charge in [0.1, 0.15) is 36.3 Å². The van der Waals surface area contributed by atoms with Gasteiger partial charge in [0.05, 0.1) is 19.5 Å². The Kier molecular flexibility index (Phi) is 20.7. The van der Waals surface area contributed by atoms with Crippen molar-refractivity contribution < 1.29 is 90.4 Å². The lowest BCUT2D eigenvalue weighted by Gasteiger charge is -2.30. The summed E-state index contributed by atoms with van der Waals surface area (Å²) in [5, 5.41) is 35.3. The number of thioether (sulfide) groups is 1. The molecule has 0 spiro atoms. The molecule has 0 aliphatic carbocycles. The van der Waals surface area contributed by atoms with E-state index in [0.29, 0.717) is 24.5 Å². The Morgan fingerprint density at radius 3 is 2.30 bits per heavy atom. The summed E-state index contributed by atoms with van der Waals surface area (Å²) < 4.78 is 62.3. The second-order valence-electron chi connectivity index (χ2n) is 15.6. The zero-order valence-electron chi connectivity index (χ0n) is 34.8. The predicted molar refractivity (Wildman–Crippen MR) is 221 cm³/mol. The second kappa shape index (κ2) is 24.0. The number of carbonyl (C=O) groups is 4. The molecule has 1 aliphatic heterocycles. The van der Waals surface area contributed by atoms with Crippen molar-refractivity contribution in [1.29, 1.82) is 0 Å². The van der Waals surface area contributed by atoms with Gasteiger partial charge in [0.2, 0.25) is 11.8 Å². The molecule has 2 amide bonds. The first-order valence-electron chi connectivity index (χ1n) is 19.5. The minimum atomic E-state index is -5.59. The number of aliphatic carboxylic acids is 1. The quantitative estimate of drug-likeness (QED) is 0.0425. The number of hydrogen-bond acceptors (Lipinski definition) is 19. The highest BCUT2D eigenvalue weighted by atomic mass is 32.2. The van der Waals surface area contributed by atoms with E-state index in [1.54, 1.807) is 0 Å². The van der Waals surface area contributed by atoms with Crippen LogP contribution in [0.25, 0.3) is 11.2 Å². The second-order valence-corrected chi connectivity index (χ2v) is 21.0. The van der Waals surface area contributed by atoms with Crippen LogP contribution in [-0.4, -0.2) is 134 Å². The molecule has 0 aromatic carbocycles. The van der Waals surface area contributed by atoms with Crippen LogP contribution in [0.4, 0.5) is 5.82 Å². The molecule has 63 heavy (non-hydrogen) atoms. The van der Waals surface area contributed by atoms with Crippen molar-refractivity contribution in [3.8, 4) is 0 Å². The molecule has 0 saturated carbocycles. The first kappa shape index (κ1) is 54.4. The summed E-state index contributed by atoms with van der Waals surface area (Å²) >= 11 is 1.08. The maximum absolute atomic E-state index is 12.7. The van der Waals surface area contributed by atoms with Gasteiger partial charge in [0.15, 0.2) is 22.8 Å². The number of rotatable bonds is 28. The summed E-state index contributed by atoms with van der Waals surface area (Å²) in [6, 6.07) is 0. The average Bonchev–Trinajstić information content (AvgIpc) is 3.73. The number of amides is 2. The predicted octanol–water partition coefficient (Wildman–Crippen LogP) is 1.36. The lowest BCUT2D eigenvalue weighted by molar-refractivity contribution is -0.138. The molecule has 2 aromatic rings. The van der Waals surface area contributed by atoms with E-state index in [1.807, 2.05) is 13.8 Å². The standard InChI is InChI=1S/C33H56N7O19P3S/c1-19(6-5-7-20(2)14-23(42)43)8-9-24(44)63-13-12-35-22(41)10-11-36-31(47)28(46)33(3,4)16-56-62(53,54)59-61(51,52)55-15-21-27(58-60(48,49)50)26(45)32(57-21)40-18-39-25-29(34)37-17-38-30(25)40/h17-21,26-28,32,45-46H,5-16H2,1-4H3,(H,35,41)(H,36,47)(H,42,43)(H,51,52)(H,53,54)(H2,34,37,38)(H2,48,49,50)/t19?,20?,21-,26+,27-,28+,32-/m1/s1. The van der Waals surface area contributed by atoms with Crippen LogP contribution in [0.1, 0.15) is 78.9 Å². The first-order chi connectivity index (χ1) is 29.2. The van der Waals surface area contributed by atoms with E-state index in [0.717, 1.165) is 48.2 Å². The summed E-state index contributed by atoms with van der Waals surface area (Å²) in [7, 11) is -16.4. The molecule has 4 unspecified atom stereocenters. The molecule has 3 rings (SSSR count). The molecule has 2 aromatic heterocycles. The summed E-state index contributed by atoms with van der Waals surface area (Å²) in [6.07, 6.45) is -3.21. The molecule has 9 atom stereocenters. The number of nitrogens with zero attached hydrogens (tertiary/aromatic N) is 4. The molecule has 30 heteroatoms. The van der Waals surface area contributed by atoms with Gasteiger partial charge in [0.25, 0.3) is 0 Å². The van der Waals surface area contributed by atoms with Gasteiger partial charge in [-0.2, -0.15) is 4.31 Å². The zero-order chi connectivity index (χ0) is 47.3. The number of phosphoric acid groups is 3. The Morgan fingerprint density at radius 2 is 1.63 bits per heavy atom. The summed E-state index contributed by atoms with van der Waals surface area (Å²) in [5.41, 5.74) is 4.24. The molecule has 1 saturated heterocycles. The van der Waals surface area contributed by atoms with Gasteiger partial charge in [-0.1, -0.05) is 58.7 Å². The van der Waals surface area contributed by atoms with Gasteiger partial charge in [0, 0.05) is 43.5 Å². The minimum absolute atomic E-state index is 0.0210. The van der Waals surface area contributed by atoms with E-state index in [2.05, 4.69) is 34.4 Å². The van der Waals surface area contributed by atoms with Crippen molar-refractivity contribution in [2.75, 3.05) is 37.8 Å². The highest BCUT2D eigenvalue weighted by Gasteiger charge is 2.50. The largest absolute Gasteiger partial charge is 0.481 e. The number of anilines is 1. The highest BCUT2D eigenvalue weighted by molar-refractivity contribution is 8.13. The number of carbonyl (C=O) groups excluding carboxylic acids is 3. The van der Waals surface area contributed by atoms with Crippen LogP contribution in [-0.2, 0) is 55.5 Å². The van der Waals surface area contributed by atoms with Crippen molar-refractivity contribution in [1.82, 2.24) is 30.2 Å². The third-order valence-electron chi connectivity index (χ3n) is 9.52. The van der Waals surface area contributed by atoms with E-state index in [1.165, 1.54) is 13.8 Å². The SMILES string of the molecule is CC(CCCC(C)CC(=O)O)CCC(=O)SCCNC(=O)CCNC(=O)[C@H](O)C(C)(C)COP(=O)(O)OP(=O)(O)OC[C@H]1O[C@@H](n2cnc3c(N)ncnc32)[C@@H](O)[C@@H]1OP(=O)(O)O. The number of carboxylic acids is 1. The number of carboxylic acid groups (broad SMARTS) is 1. The monoisotopic (exact) mass is 979 g/mol. The van der Waals surface area contributed by atoms with Crippen LogP contribution in [0.15, 0.2) is 12.7 Å². The van der Waals surface area contributed by atoms with Crippen LogP contribution in [0.3, 0.4) is 0 Å². The topological polar surface area (TPSA) is 401 Å². The van der Waals surface area contributed by atoms with E-state index < -0.39 is 90.5 Å². The van der Waals surface area contributed by atoms with Crippen LogP contribution < -0.4 is 16.4 Å². The third kappa shape index (κ3) is 18.4. The molecule has 0 bridgehead atoms. The van der Waals surface area contributed by atoms with E-state index in [9.17, 15) is 62.7 Å². The fourth-order valence-electron chi connectivity index (χ4n) is 6.09. The number of fused-ring (bicyclic) bond motifs is 1. The van der Waals surface area contributed by atoms with Crippen molar-refractivity contribution in [3.63, 3.8) is 0 Å². The Balaban J connectivity index is 1.39. The van der Waals surface area contributed by atoms with E-state index in [-0.39, 0.29) is 53.9 Å². The fourth-order valence-corrected chi connectivity index (χ4v) is 9.61. The molecule has 11 N–H and O–H groups in total. The lowest BCUT2D eigenvalue weighted by Crippen LogP contribution is -2.46. The van der Waals surface area contributed by atoms with Crippen LogP contribution >= 0.6 is 35.2 Å². The van der Waals surface area contributed by atoms with Gasteiger partial charge in [-0.05, 0) is 18.3 Å². The summed E-state index contributed by atoms with van der Waals surface area (Å²) in [4.78, 5) is 99.0. The number of aliphatic hydroxyl groups excluding tert-OH is 2. The Bertz CT molecular complexity index is 2020. The van der Waals surface area contributed by atoms with Gasteiger partial charge in [-0.25, -0.2) is 28.6 Å². The van der Waals surface area contributed by atoms with Crippen molar-refractivity contribution >= 4 is 75.1 Å². The molecule has 26 nitrogen and oxygen atoms in total.